The Morgan fingerprint density at radius 1 is 1.00 bits per heavy atom. The van der Waals surface area contributed by atoms with Crippen molar-refractivity contribution in [1.29, 1.82) is 0 Å². The molecule has 0 amide bonds. The zero-order valence-corrected chi connectivity index (χ0v) is 21.3. The molecule has 5 rings (SSSR count). The maximum absolute atomic E-state index is 13.1. The molecule has 3 aromatic carbocycles. The van der Waals surface area contributed by atoms with Crippen LogP contribution in [-0.4, -0.2) is 22.6 Å². The van der Waals surface area contributed by atoms with Gasteiger partial charge in [0.2, 0.25) is 0 Å². The van der Waals surface area contributed by atoms with E-state index in [-0.39, 0.29) is 11.0 Å². The number of aromatic nitrogens is 2. The van der Waals surface area contributed by atoms with Crippen LogP contribution in [0.3, 0.4) is 0 Å². The third kappa shape index (κ3) is 4.90. The van der Waals surface area contributed by atoms with Crippen LogP contribution in [0.1, 0.15) is 31.9 Å². The van der Waals surface area contributed by atoms with Crippen LogP contribution >= 0.6 is 22.9 Å². The molecule has 35 heavy (non-hydrogen) atoms. The fourth-order valence-corrected chi connectivity index (χ4v) is 5.04. The van der Waals surface area contributed by atoms with Crippen LogP contribution in [0.4, 0.5) is 0 Å². The van der Waals surface area contributed by atoms with Gasteiger partial charge in [0, 0.05) is 10.6 Å². The van der Waals surface area contributed by atoms with Crippen molar-refractivity contribution >= 4 is 45.0 Å². The van der Waals surface area contributed by atoms with Crippen molar-refractivity contribution < 1.29 is 9.47 Å². The van der Waals surface area contributed by atoms with E-state index in [4.69, 9.17) is 21.1 Å². The van der Waals surface area contributed by atoms with Gasteiger partial charge in [0.05, 0.1) is 15.6 Å². The first-order chi connectivity index (χ1) is 16.8. The largest absolute Gasteiger partial charge is 0.490 e. The summed E-state index contributed by atoms with van der Waals surface area (Å²) in [5, 5.41) is 0.568. The first kappa shape index (κ1) is 23.4. The van der Waals surface area contributed by atoms with E-state index in [0.29, 0.717) is 33.5 Å². The van der Waals surface area contributed by atoms with Gasteiger partial charge in [0.1, 0.15) is 24.7 Å². The van der Waals surface area contributed by atoms with Crippen molar-refractivity contribution in [3.63, 3.8) is 0 Å². The first-order valence-electron chi connectivity index (χ1n) is 11.4. The molecule has 0 atom stereocenters. The number of para-hydroxylation sites is 2. The third-order valence-electron chi connectivity index (χ3n) is 5.73. The van der Waals surface area contributed by atoms with Crippen molar-refractivity contribution in [2.24, 2.45) is 0 Å². The molecule has 7 heteroatoms. The third-order valence-corrected chi connectivity index (χ3v) is 6.94. The Morgan fingerprint density at radius 3 is 2.51 bits per heavy atom. The molecule has 0 fully saturated rings. The fourth-order valence-electron chi connectivity index (χ4n) is 3.88. The minimum Gasteiger partial charge on any atom is -0.490 e. The highest BCUT2D eigenvalue weighted by molar-refractivity contribution is 7.15. The second kappa shape index (κ2) is 9.36. The summed E-state index contributed by atoms with van der Waals surface area (Å²) in [6.45, 7) is 7.30. The summed E-state index contributed by atoms with van der Waals surface area (Å²) in [5.41, 5.74) is 3.60. The van der Waals surface area contributed by atoms with Gasteiger partial charge in [-0.15, -0.1) is 0 Å². The van der Waals surface area contributed by atoms with Crippen LogP contribution in [0.25, 0.3) is 22.1 Å². The molecule has 0 N–H and O–H groups in total. The number of halogens is 1. The van der Waals surface area contributed by atoms with E-state index in [1.807, 2.05) is 48.5 Å². The Morgan fingerprint density at radius 2 is 1.74 bits per heavy atom. The lowest BCUT2D eigenvalue weighted by molar-refractivity contribution is 0.217. The predicted octanol–water partition coefficient (Wildman–Crippen LogP) is 5.87. The van der Waals surface area contributed by atoms with Crippen LogP contribution in [0.5, 0.6) is 11.5 Å². The lowest BCUT2D eigenvalue weighted by Gasteiger charge is -2.19. The maximum atomic E-state index is 13.1. The average Bonchev–Trinajstić information content (AvgIpc) is 3.33. The topological polar surface area (TPSA) is 52.8 Å². The van der Waals surface area contributed by atoms with Crippen molar-refractivity contribution in [1.82, 2.24) is 9.38 Å². The molecule has 0 aliphatic heterocycles. The summed E-state index contributed by atoms with van der Waals surface area (Å²) >= 11 is 7.60. The van der Waals surface area contributed by atoms with Crippen LogP contribution in [-0.2, 0) is 5.41 Å². The smallest absolute Gasteiger partial charge is 0.274 e. The van der Waals surface area contributed by atoms with Gasteiger partial charge in [-0.2, -0.15) is 0 Å². The second-order valence-electron chi connectivity index (χ2n) is 9.29. The summed E-state index contributed by atoms with van der Waals surface area (Å²) in [4.78, 5) is 18.4. The Labute approximate surface area is 212 Å². The van der Waals surface area contributed by atoms with Gasteiger partial charge in [-0.05, 0) is 59.5 Å². The highest BCUT2D eigenvalue weighted by atomic mass is 35.5. The van der Waals surface area contributed by atoms with E-state index in [9.17, 15) is 4.79 Å². The van der Waals surface area contributed by atoms with Crippen molar-refractivity contribution in [2.75, 3.05) is 13.2 Å². The zero-order chi connectivity index (χ0) is 24.6. The van der Waals surface area contributed by atoms with Crippen LogP contribution in [0, 0.1) is 0 Å². The SMILES string of the molecule is CC(C)(C)c1ccc(OCCOc2ccc(Cl)cc2/C=c2\sc3nc4ccccc4n3c2=O)cc1. The van der Waals surface area contributed by atoms with Gasteiger partial charge in [-0.3, -0.25) is 4.79 Å². The number of ether oxygens (including phenoxy) is 2. The molecule has 5 aromatic rings. The molecular weight excluding hydrogens is 480 g/mol. The highest BCUT2D eigenvalue weighted by Gasteiger charge is 2.13. The molecule has 0 radical (unpaired) electrons. The number of fused-ring (bicyclic) bond motifs is 3. The van der Waals surface area contributed by atoms with Gasteiger partial charge < -0.3 is 9.47 Å². The summed E-state index contributed by atoms with van der Waals surface area (Å²) < 4.78 is 14.1. The molecule has 0 aliphatic carbocycles. The van der Waals surface area contributed by atoms with E-state index >= 15 is 0 Å². The normalized spacial score (nSPS) is 12.5. The van der Waals surface area contributed by atoms with E-state index < -0.39 is 0 Å². The quantitative estimate of drug-likeness (QED) is 0.271. The van der Waals surface area contributed by atoms with Crippen molar-refractivity contribution in [3.8, 4) is 11.5 Å². The molecule has 5 nitrogen and oxygen atoms in total. The monoisotopic (exact) mass is 504 g/mol. The van der Waals surface area contributed by atoms with Gasteiger partial charge >= 0.3 is 0 Å². The Hall–Kier alpha value is -3.35. The number of hydrogen-bond acceptors (Lipinski definition) is 5. The molecule has 2 heterocycles. The van der Waals surface area contributed by atoms with Crippen LogP contribution < -0.4 is 19.6 Å². The van der Waals surface area contributed by atoms with E-state index in [0.717, 1.165) is 22.3 Å². The molecule has 2 aromatic heterocycles. The summed E-state index contributed by atoms with van der Waals surface area (Å²) in [6.07, 6.45) is 1.81. The Bertz CT molecular complexity index is 1610. The maximum Gasteiger partial charge on any atom is 0.274 e. The highest BCUT2D eigenvalue weighted by Crippen LogP contribution is 2.26. The van der Waals surface area contributed by atoms with Crippen LogP contribution in [0.2, 0.25) is 5.02 Å². The number of benzene rings is 3. The number of hydrogen-bond donors (Lipinski definition) is 0. The summed E-state index contributed by atoms with van der Waals surface area (Å²) in [5.74, 6) is 1.44. The summed E-state index contributed by atoms with van der Waals surface area (Å²) in [6, 6.07) is 21.1. The average molecular weight is 505 g/mol. The lowest BCUT2D eigenvalue weighted by Crippen LogP contribution is -2.22. The number of rotatable bonds is 6. The first-order valence-corrected chi connectivity index (χ1v) is 12.6. The molecule has 0 unspecified atom stereocenters. The van der Waals surface area contributed by atoms with Gasteiger partial charge in [-0.1, -0.05) is 68.0 Å². The van der Waals surface area contributed by atoms with Crippen LogP contribution in [0.15, 0.2) is 71.5 Å². The van der Waals surface area contributed by atoms with Crippen molar-refractivity contribution in [2.45, 2.75) is 26.2 Å². The minimum absolute atomic E-state index is 0.103. The number of thiazole rings is 1. The molecule has 0 saturated heterocycles. The molecule has 178 valence electrons. The molecule has 0 spiro atoms. The summed E-state index contributed by atoms with van der Waals surface area (Å²) in [7, 11) is 0. The van der Waals surface area contributed by atoms with Gasteiger partial charge in [0.15, 0.2) is 4.96 Å². The standard InChI is InChI=1S/C28H25ClN2O3S/c1-28(2,3)19-8-11-21(12-9-19)33-14-15-34-24-13-10-20(29)16-18(24)17-25-26(32)31-23-7-5-4-6-22(23)30-27(31)35-25/h4-13,16-17H,14-15H2,1-3H3/b25-17-. The van der Waals surface area contributed by atoms with E-state index in [1.54, 1.807) is 16.5 Å². The Kier molecular flexibility index (Phi) is 6.26. The molecule has 0 saturated carbocycles. The van der Waals surface area contributed by atoms with Gasteiger partial charge in [-0.25, -0.2) is 9.38 Å². The number of imidazole rings is 1. The minimum atomic E-state index is -0.105. The van der Waals surface area contributed by atoms with E-state index in [1.165, 1.54) is 16.9 Å². The lowest BCUT2D eigenvalue weighted by atomic mass is 9.87. The van der Waals surface area contributed by atoms with Gasteiger partial charge in [0.25, 0.3) is 5.56 Å². The molecular formula is C28H25ClN2O3S. The fraction of sp³-hybridized carbons (Fsp3) is 0.214. The number of nitrogens with zero attached hydrogens (tertiary/aromatic N) is 2. The molecule has 0 aliphatic rings. The second-order valence-corrected chi connectivity index (χ2v) is 10.7. The Balaban J connectivity index is 1.34. The van der Waals surface area contributed by atoms with E-state index in [2.05, 4.69) is 37.9 Å². The van der Waals surface area contributed by atoms with Crippen molar-refractivity contribution in [3.05, 3.63) is 97.8 Å². The predicted molar refractivity (Wildman–Crippen MR) is 143 cm³/mol. The molecule has 0 bridgehead atoms. The zero-order valence-electron chi connectivity index (χ0n) is 19.7.